The highest BCUT2D eigenvalue weighted by Gasteiger charge is 2.25. The van der Waals surface area contributed by atoms with Crippen molar-refractivity contribution in [1.82, 2.24) is 14.9 Å². The van der Waals surface area contributed by atoms with E-state index in [0.29, 0.717) is 49.8 Å². The summed E-state index contributed by atoms with van der Waals surface area (Å²) in [5.74, 6) is -0.547. The van der Waals surface area contributed by atoms with Gasteiger partial charge < -0.3 is 14.9 Å². The fourth-order valence-corrected chi connectivity index (χ4v) is 3.42. The molecule has 1 aromatic heterocycles. The van der Waals surface area contributed by atoms with Crippen LogP contribution in [0.15, 0.2) is 48.2 Å². The predicted molar refractivity (Wildman–Crippen MR) is 112 cm³/mol. The number of anilines is 1. The van der Waals surface area contributed by atoms with Crippen LogP contribution in [0, 0.1) is 0 Å². The lowest BCUT2D eigenvalue weighted by Gasteiger charge is -2.35. The van der Waals surface area contributed by atoms with Crippen LogP contribution in [0.4, 0.5) is 5.82 Å². The van der Waals surface area contributed by atoms with Crippen LogP contribution >= 0.6 is 0 Å². The van der Waals surface area contributed by atoms with Crippen LogP contribution in [0.2, 0.25) is 0 Å². The van der Waals surface area contributed by atoms with E-state index < -0.39 is 11.9 Å². The van der Waals surface area contributed by atoms with E-state index in [9.17, 15) is 14.7 Å². The van der Waals surface area contributed by atoms with Crippen molar-refractivity contribution in [3.05, 3.63) is 59.6 Å². The highest BCUT2D eigenvalue weighted by Crippen LogP contribution is 2.20. The number of carbonyl (C=O) groups excluding carboxylic acids is 1. The van der Waals surface area contributed by atoms with Crippen LogP contribution in [0.25, 0.3) is 6.08 Å². The van der Waals surface area contributed by atoms with Gasteiger partial charge in [0.1, 0.15) is 17.6 Å². The molecule has 29 heavy (non-hydrogen) atoms. The van der Waals surface area contributed by atoms with Gasteiger partial charge in [0.05, 0.1) is 0 Å². The Labute approximate surface area is 170 Å². The molecule has 0 radical (unpaired) electrons. The molecular weight excluding hydrogens is 368 g/mol. The first-order chi connectivity index (χ1) is 14.0. The van der Waals surface area contributed by atoms with Crippen molar-refractivity contribution in [2.45, 2.75) is 26.2 Å². The van der Waals surface area contributed by atoms with Gasteiger partial charge in [0.15, 0.2) is 0 Å². The number of benzene rings is 1. The van der Waals surface area contributed by atoms with Gasteiger partial charge in [0, 0.05) is 37.9 Å². The van der Waals surface area contributed by atoms with Gasteiger partial charge in [-0.1, -0.05) is 37.3 Å². The standard InChI is InChI=1S/C22H26N4O3/c1-3-18(22(28)29)20-23-10-9-19(24-20)25-11-13-26(14-12-25)21(27)16(2)15-17-7-5-4-6-8-17/h4-10,15,18H,3,11-14H2,1-2H3,(H,28,29). The monoisotopic (exact) mass is 394 g/mol. The van der Waals surface area contributed by atoms with Crippen molar-refractivity contribution < 1.29 is 14.7 Å². The minimum absolute atomic E-state index is 0.0359. The molecule has 1 amide bonds. The maximum Gasteiger partial charge on any atom is 0.314 e. The number of carbonyl (C=O) groups is 2. The van der Waals surface area contributed by atoms with E-state index in [0.717, 1.165) is 5.56 Å². The van der Waals surface area contributed by atoms with Crippen molar-refractivity contribution in [3.8, 4) is 0 Å². The summed E-state index contributed by atoms with van der Waals surface area (Å²) in [6.07, 6.45) is 3.95. The Morgan fingerprint density at radius 1 is 1.14 bits per heavy atom. The molecule has 1 unspecified atom stereocenters. The third-order valence-corrected chi connectivity index (χ3v) is 5.09. The van der Waals surface area contributed by atoms with E-state index in [2.05, 4.69) is 14.9 Å². The van der Waals surface area contributed by atoms with Crippen molar-refractivity contribution >= 4 is 23.8 Å². The summed E-state index contributed by atoms with van der Waals surface area (Å²) in [4.78, 5) is 36.7. The molecule has 0 saturated carbocycles. The van der Waals surface area contributed by atoms with Gasteiger partial charge in [0.25, 0.3) is 0 Å². The first-order valence-corrected chi connectivity index (χ1v) is 9.83. The SMILES string of the molecule is CCC(C(=O)O)c1nccc(N2CCN(C(=O)C(C)=Cc3ccccc3)CC2)n1. The fraction of sp³-hybridized carbons (Fsp3) is 0.364. The Balaban J connectivity index is 1.64. The second kappa shape index (κ2) is 9.32. The maximum absolute atomic E-state index is 12.8. The summed E-state index contributed by atoms with van der Waals surface area (Å²) in [6.45, 7) is 6.12. The molecule has 1 aliphatic rings. The summed E-state index contributed by atoms with van der Waals surface area (Å²) < 4.78 is 0. The van der Waals surface area contributed by atoms with Crippen LogP contribution in [-0.2, 0) is 9.59 Å². The largest absolute Gasteiger partial charge is 0.481 e. The molecular formula is C22H26N4O3. The number of carboxylic acid groups (broad SMARTS) is 1. The Morgan fingerprint density at radius 3 is 2.45 bits per heavy atom. The molecule has 1 aromatic carbocycles. The number of rotatable bonds is 6. The fourth-order valence-electron chi connectivity index (χ4n) is 3.42. The minimum atomic E-state index is -0.916. The summed E-state index contributed by atoms with van der Waals surface area (Å²) in [5.41, 5.74) is 1.72. The average Bonchev–Trinajstić information content (AvgIpc) is 2.74. The Kier molecular flexibility index (Phi) is 6.59. The second-order valence-corrected chi connectivity index (χ2v) is 7.09. The Bertz CT molecular complexity index is 890. The Morgan fingerprint density at radius 2 is 1.83 bits per heavy atom. The second-order valence-electron chi connectivity index (χ2n) is 7.09. The zero-order chi connectivity index (χ0) is 20.8. The smallest absolute Gasteiger partial charge is 0.314 e. The zero-order valence-corrected chi connectivity index (χ0v) is 16.8. The van der Waals surface area contributed by atoms with E-state index in [1.807, 2.05) is 55.2 Å². The number of hydrogen-bond acceptors (Lipinski definition) is 5. The van der Waals surface area contributed by atoms with Gasteiger partial charge in [-0.2, -0.15) is 0 Å². The summed E-state index contributed by atoms with van der Waals surface area (Å²) in [6, 6.07) is 11.6. The van der Waals surface area contributed by atoms with E-state index in [1.165, 1.54) is 0 Å². The lowest BCUT2D eigenvalue weighted by Crippen LogP contribution is -2.49. The molecule has 7 nitrogen and oxygen atoms in total. The highest BCUT2D eigenvalue weighted by atomic mass is 16.4. The molecule has 1 aliphatic heterocycles. The number of aliphatic carboxylic acids is 1. The van der Waals surface area contributed by atoms with Crippen molar-refractivity contribution in [2.75, 3.05) is 31.1 Å². The van der Waals surface area contributed by atoms with E-state index >= 15 is 0 Å². The van der Waals surface area contributed by atoms with Gasteiger partial charge in [0.2, 0.25) is 5.91 Å². The number of nitrogens with zero attached hydrogens (tertiary/aromatic N) is 4. The first kappa shape index (κ1) is 20.5. The van der Waals surface area contributed by atoms with Crippen LogP contribution < -0.4 is 4.90 Å². The van der Waals surface area contributed by atoms with Gasteiger partial charge in [-0.05, 0) is 31.1 Å². The molecule has 152 valence electrons. The van der Waals surface area contributed by atoms with Crippen molar-refractivity contribution in [2.24, 2.45) is 0 Å². The summed E-state index contributed by atoms with van der Waals surface area (Å²) in [5, 5.41) is 9.34. The first-order valence-electron chi connectivity index (χ1n) is 9.83. The lowest BCUT2D eigenvalue weighted by atomic mass is 10.1. The molecule has 7 heteroatoms. The van der Waals surface area contributed by atoms with Gasteiger partial charge in [-0.25, -0.2) is 9.97 Å². The zero-order valence-electron chi connectivity index (χ0n) is 16.8. The van der Waals surface area contributed by atoms with Crippen molar-refractivity contribution in [3.63, 3.8) is 0 Å². The normalized spacial score (nSPS) is 15.9. The number of aromatic nitrogens is 2. The molecule has 2 heterocycles. The third kappa shape index (κ3) is 4.99. The van der Waals surface area contributed by atoms with Gasteiger partial charge >= 0.3 is 5.97 Å². The van der Waals surface area contributed by atoms with Crippen LogP contribution in [0.5, 0.6) is 0 Å². The van der Waals surface area contributed by atoms with Crippen molar-refractivity contribution in [1.29, 1.82) is 0 Å². The lowest BCUT2D eigenvalue weighted by molar-refractivity contribution is -0.139. The molecule has 1 atom stereocenters. The van der Waals surface area contributed by atoms with Gasteiger partial charge in [-0.3, -0.25) is 9.59 Å². The van der Waals surface area contributed by atoms with Gasteiger partial charge in [-0.15, -0.1) is 0 Å². The number of carboxylic acids is 1. The highest BCUT2D eigenvalue weighted by molar-refractivity contribution is 5.97. The average molecular weight is 394 g/mol. The van der Waals surface area contributed by atoms with E-state index in [1.54, 1.807) is 12.3 Å². The summed E-state index contributed by atoms with van der Waals surface area (Å²) >= 11 is 0. The number of hydrogen-bond donors (Lipinski definition) is 1. The van der Waals surface area contributed by atoms with Crippen LogP contribution in [-0.4, -0.2) is 58.0 Å². The Hall–Kier alpha value is -3.22. The molecule has 0 aliphatic carbocycles. The van der Waals surface area contributed by atoms with Crippen LogP contribution in [0.3, 0.4) is 0 Å². The number of amides is 1. The van der Waals surface area contributed by atoms with E-state index in [4.69, 9.17) is 0 Å². The minimum Gasteiger partial charge on any atom is -0.481 e. The topological polar surface area (TPSA) is 86.6 Å². The predicted octanol–water partition coefficient (Wildman–Crippen LogP) is 2.81. The third-order valence-electron chi connectivity index (χ3n) is 5.09. The van der Waals surface area contributed by atoms with E-state index in [-0.39, 0.29) is 5.91 Å². The van der Waals surface area contributed by atoms with Crippen LogP contribution in [0.1, 0.15) is 37.6 Å². The number of piperazine rings is 1. The molecule has 1 fully saturated rings. The maximum atomic E-state index is 12.8. The molecule has 0 spiro atoms. The summed E-state index contributed by atoms with van der Waals surface area (Å²) in [7, 11) is 0. The molecule has 2 aromatic rings. The molecule has 3 rings (SSSR count). The molecule has 0 bridgehead atoms. The molecule has 1 saturated heterocycles. The molecule has 1 N–H and O–H groups in total. The quantitative estimate of drug-likeness (QED) is 0.758.